The summed E-state index contributed by atoms with van der Waals surface area (Å²) in [6, 6.07) is 5.63. The van der Waals surface area contributed by atoms with Gasteiger partial charge >= 0.3 is 0 Å². The van der Waals surface area contributed by atoms with Crippen LogP contribution in [0, 0.1) is 5.92 Å². The molecule has 9 heteroatoms. The molecule has 0 unspecified atom stereocenters. The van der Waals surface area contributed by atoms with Gasteiger partial charge in [-0.2, -0.15) is 14.7 Å². The average Bonchev–Trinajstić information content (AvgIpc) is 3.21. The van der Waals surface area contributed by atoms with E-state index in [9.17, 15) is 0 Å². The summed E-state index contributed by atoms with van der Waals surface area (Å²) in [4.78, 5) is 8.82. The van der Waals surface area contributed by atoms with Crippen molar-refractivity contribution in [1.82, 2.24) is 39.6 Å². The predicted octanol–water partition coefficient (Wildman–Crippen LogP) is 2.26. The number of fused-ring (bicyclic) bond motifs is 1. The molecule has 0 fully saturated rings. The molecule has 0 spiro atoms. The van der Waals surface area contributed by atoms with Gasteiger partial charge in [-0.15, -0.1) is 10.2 Å². The summed E-state index contributed by atoms with van der Waals surface area (Å²) in [5.41, 5.74) is 2.32. The molecule has 0 radical (unpaired) electrons. The van der Waals surface area contributed by atoms with Crippen LogP contribution in [-0.2, 0) is 13.5 Å². The summed E-state index contributed by atoms with van der Waals surface area (Å²) in [6.07, 6.45) is 6.03. The topological polar surface area (TPSA) is 98.7 Å². The first kappa shape index (κ1) is 16.1. The molecule has 26 heavy (non-hydrogen) atoms. The Morgan fingerprint density at radius 3 is 2.77 bits per heavy atom. The van der Waals surface area contributed by atoms with Crippen LogP contribution in [0.15, 0.2) is 36.8 Å². The molecule has 4 aromatic rings. The standard InChI is InChI=1S/C17H19N9/c1-11(2)8-15-23-24-16-9-12(10-20-26(15)16)13-4-6-18-17(21-13)22-14-5-7-19-25(14)3/h4-7,9-11H,8H2,1-3H3,(H,18,21,22). The summed E-state index contributed by atoms with van der Waals surface area (Å²) in [5, 5.41) is 20.2. The molecule has 4 heterocycles. The first-order valence-electron chi connectivity index (χ1n) is 8.39. The van der Waals surface area contributed by atoms with Crippen molar-refractivity contribution in [1.29, 1.82) is 0 Å². The first-order valence-corrected chi connectivity index (χ1v) is 8.39. The highest BCUT2D eigenvalue weighted by Crippen LogP contribution is 2.20. The fourth-order valence-electron chi connectivity index (χ4n) is 2.66. The largest absolute Gasteiger partial charge is 0.309 e. The van der Waals surface area contributed by atoms with E-state index < -0.39 is 0 Å². The Balaban J connectivity index is 1.65. The van der Waals surface area contributed by atoms with Crippen molar-refractivity contribution >= 4 is 17.4 Å². The van der Waals surface area contributed by atoms with Gasteiger partial charge in [0.25, 0.3) is 0 Å². The van der Waals surface area contributed by atoms with Crippen LogP contribution in [-0.4, -0.2) is 39.6 Å². The number of anilines is 2. The molecule has 0 atom stereocenters. The highest BCUT2D eigenvalue weighted by Gasteiger charge is 2.11. The lowest BCUT2D eigenvalue weighted by atomic mass is 10.1. The molecule has 0 aliphatic carbocycles. The zero-order chi connectivity index (χ0) is 18.1. The lowest BCUT2D eigenvalue weighted by Crippen LogP contribution is -2.04. The number of nitrogens with zero attached hydrogens (tertiary/aromatic N) is 8. The summed E-state index contributed by atoms with van der Waals surface area (Å²) in [7, 11) is 1.85. The molecule has 0 bridgehead atoms. The monoisotopic (exact) mass is 349 g/mol. The van der Waals surface area contributed by atoms with Crippen LogP contribution in [0.2, 0.25) is 0 Å². The minimum Gasteiger partial charge on any atom is -0.309 e. The van der Waals surface area contributed by atoms with Gasteiger partial charge in [0.2, 0.25) is 5.95 Å². The van der Waals surface area contributed by atoms with Crippen molar-refractivity contribution < 1.29 is 0 Å². The Morgan fingerprint density at radius 2 is 2.00 bits per heavy atom. The van der Waals surface area contributed by atoms with Crippen LogP contribution < -0.4 is 5.32 Å². The highest BCUT2D eigenvalue weighted by atomic mass is 15.4. The lowest BCUT2D eigenvalue weighted by Gasteiger charge is -2.07. The van der Waals surface area contributed by atoms with Gasteiger partial charge < -0.3 is 5.32 Å². The fraction of sp³-hybridized carbons (Fsp3) is 0.294. The van der Waals surface area contributed by atoms with Crippen LogP contribution in [0.4, 0.5) is 11.8 Å². The van der Waals surface area contributed by atoms with E-state index in [0.717, 1.165) is 29.3 Å². The third-order valence-electron chi connectivity index (χ3n) is 3.93. The molecule has 0 amide bonds. The van der Waals surface area contributed by atoms with E-state index in [1.165, 1.54) is 0 Å². The molecule has 0 aliphatic heterocycles. The Kier molecular flexibility index (Phi) is 4.04. The van der Waals surface area contributed by atoms with E-state index >= 15 is 0 Å². The molecule has 9 nitrogen and oxygen atoms in total. The molecule has 0 saturated heterocycles. The van der Waals surface area contributed by atoms with E-state index in [0.29, 0.717) is 17.5 Å². The van der Waals surface area contributed by atoms with Gasteiger partial charge in [0.1, 0.15) is 5.82 Å². The van der Waals surface area contributed by atoms with Gasteiger partial charge in [0.05, 0.1) is 18.1 Å². The van der Waals surface area contributed by atoms with E-state index in [2.05, 4.69) is 49.5 Å². The Hall–Kier alpha value is -3.36. The molecular weight excluding hydrogens is 330 g/mol. The van der Waals surface area contributed by atoms with Crippen molar-refractivity contribution in [2.75, 3.05) is 5.32 Å². The maximum Gasteiger partial charge on any atom is 0.228 e. The summed E-state index contributed by atoms with van der Waals surface area (Å²) >= 11 is 0. The molecule has 0 aromatic carbocycles. The van der Waals surface area contributed by atoms with E-state index in [1.807, 2.05) is 25.2 Å². The number of hydrogen-bond donors (Lipinski definition) is 1. The van der Waals surface area contributed by atoms with Gasteiger partial charge in [0, 0.05) is 31.3 Å². The van der Waals surface area contributed by atoms with Gasteiger partial charge in [0.15, 0.2) is 11.5 Å². The number of hydrogen-bond acceptors (Lipinski definition) is 7. The van der Waals surface area contributed by atoms with Gasteiger partial charge in [-0.1, -0.05) is 13.8 Å². The molecular formula is C17H19N9. The van der Waals surface area contributed by atoms with Crippen molar-refractivity contribution in [3.63, 3.8) is 0 Å². The fourth-order valence-corrected chi connectivity index (χ4v) is 2.66. The van der Waals surface area contributed by atoms with E-state index in [1.54, 1.807) is 27.8 Å². The third kappa shape index (κ3) is 3.10. The Labute approximate surface area is 150 Å². The summed E-state index contributed by atoms with van der Waals surface area (Å²) in [5.74, 6) is 2.66. The van der Waals surface area contributed by atoms with Crippen LogP contribution in [0.5, 0.6) is 0 Å². The maximum absolute atomic E-state index is 4.56. The minimum absolute atomic E-state index is 0.492. The van der Waals surface area contributed by atoms with E-state index in [-0.39, 0.29) is 0 Å². The Bertz CT molecular complexity index is 1050. The van der Waals surface area contributed by atoms with Crippen LogP contribution in [0.3, 0.4) is 0 Å². The number of nitrogens with one attached hydrogen (secondary N) is 1. The van der Waals surface area contributed by atoms with Crippen molar-refractivity contribution in [2.45, 2.75) is 20.3 Å². The van der Waals surface area contributed by atoms with Gasteiger partial charge in [-0.3, -0.25) is 4.68 Å². The minimum atomic E-state index is 0.492. The second kappa shape index (κ2) is 6.51. The lowest BCUT2D eigenvalue weighted by molar-refractivity contribution is 0.606. The highest BCUT2D eigenvalue weighted by molar-refractivity contribution is 5.64. The average molecular weight is 349 g/mol. The molecule has 4 aromatic heterocycles. The predicted molar refractivity (Wildman–Crippen MR) is 96.8 cm³/mol. The Morgan fingerprint density at radius 1 is 1.12 bits per heavy atom. The van der Waals surface area contributed by atoms with Crippen LogP contribution >= 0.6 is 0 Å². The summed E-state index contributed by atoms with van der Waals surface area (Å²) < 4.78 is 3.50. The number of aryl methyl sites for hydroxylation is 1. The first-order chi connectivity index (χ1) is 12.6. The van der Waals surface area contributed by atoms with Crippen LogP contribution in [0.1, 0.15) is 19.7 Å². The quantitative estimate of drug-likeness (QED) is 0.590. The second-order valence-corrected chi connectivity index (χ2v) is 6.46. The maximum atomic E-state index is 4.56. The van der Waals surface area contributed by atoms with E-state index in [4.69, 9.17) is 0 Å². The number of rotatable bonds is 5. The van der Waals surface area contributed by atoms with Crippen molar-refractivity contribution in [2.24, 2.45) is 13.0 Å². The third-order valence-corrected chi connectivity index (χ3v) is 3.93. The zero-order valence-electron chi connectivity index (χ0n) is 14.8. The van der Waals surface area contributed by atoms with Crippen LogP contribution in [0.25, 0.3) is 16.9 Å². The SMILES string of the molecule is CC(C)Cc1nnc2cc(-c3ccnc(Nc4ccnn4C)n3)cnn12. The van der Waals surface area contributed by atoms with Crippen molar-refractivity contribution in [3.8, 4) is 11.3 Å². The summed E-state index contributed by atoms with van der Waals surface area (Å²) in [6.45, 7) is 4.29. The van der Waals surface area contributed by atoms with Gasteiger partial charge in [-0.05, 0) is 18.1 Å². The zero-order valence-corrected chi connectivity index (χ0v) is 14.8. The molecule has 4 rings (SSSR count). The number of aromatic nitrogens is 8. The molecule has 0 aliphatic rings. The second-order valence-electron chi connectivity index (χ2n) is 6.46. The molecule has 1 N–H and O–H groups in total. The normalized spacial score (nSPS) is 11.4. The molecule has 132 valence electrons. The molecule has 0 saturated carbocycles. The smallest absolute Gasteiger partial charge is 0.228 e. The van der Waals surface area contributed by atoms with Crippen molar-refractivity contribution in [3.05, 3.63) is 42.6 Å². The van der Waals surface area contributed by atoms with Gasteiger partial charge in [-0.25, -0.2) is 9.97 Å².